The standard InChI is InChI=1S/C15H14N2O3/c1-10(18)16-12-8-6-11(7-9-12)15(20)17-13-4-2-3-5-14(13)19/h2-9,19H,1H3,(H,16,18)(H,17,20). The number of anilines is 2. The van der Waals surface area contributed by atoms with Crippen molar-refractivity contribution in [3.63, 3.8) is 0 Å². The molecule has 0 fully saturated rings. The van der Waals surface area contributed by atoms with Crippen LogP contribution in [0.5, 0.6) is 5.75 Å². The van der Waals surface area contributed by atoms with Crippen LogP contribution in [-0.2, 0) is 4.79 Å². The van der Waals surface area contributed by atoms with Gasteiger partial charge in [0.15, 0.2) is 0 Å². The maximum absolute atomic E-state index is 12.0. The number of carbonyl (C=O) groups excluding carboxylic acids is 2. The van der Waals surface area contributed by atoms with Gasteiger partial charge in [-0.2, -0.15) is 0 Å². The fourth-order valence-corrected chi connectivity index (χ4v) is 1.68. The quantitative estimate of drug-likeness (QED) is 0.750. The van der Waals surface area contributed by atoms with Crippen LogP contribution in [0.3, 0.4) is 0 Å². The molecule has 0 unspecified atom stereocenters. The number of nitrogens with one attached hydrogen (secondary N) is 2. The zero-order valence-electron chi connectivity index (χ0n) is 10.9. The van der Waals surface area contributed by atoms with Gasteiger partial charge in [-0.15, -0.1) is 0 Å². The second-order valence-electron chi connectivity index (χ2n) is 4.23. The molecule has 5 heteroatoms. The van der Waals surface area contributed by atoms with Gasteiger partial charge in [0.25, 0.3) is 5.91 Å². The Morgan fingerprint density at radius 3 is 2.20 bits per heavy atom. The van der Waals surface area contributed by atoms with E-state index >= 15 is 0 Å². The minimum absolute atomic E-state index is 0.00992. The fraction of sp³-hybridized carbons (Fsp3) is 0.0667. The minimum Gasteiger partial charge on any atom is -0.506 e. The number of rotatable bonds is 3. The van der Waals surface area contributed by atoms with E-state index in [0.717, 1.165) is 0 Å². The van der Waals surface area contributed by atoms with Crippen LogP contribution in [0, 0.1) is 0 Å². The van der Waals surface area contributed by atoms with Gasteiger partial charge in [-0.25, -0.2) is 0 Å². The van der Waals surface area contributed by atoms with Crippen LogP contribution < -0.4 is 10.6 Å². The van der Waals surface area contributed by atoms with E-state index in [1.54, 1.807) is 42.5 Å². The molecule has 0 atom stereocenters. The Labute approximate surface area is 116 Å². The van der Waals surface area contributed by atoms with Crippen LogP contribution in [-0.4, -0.2) is 16.9 Å². The molecule has 2 aromatic carbocycles. The lowest BCUT2D eigenvalue weighted by Crippen LogP contribution is -2.12. The summed E-state index contributed by atoms with van der Waals surface area (Å²) in [7, 11) is 0. The Hall–Kier alpha value is -2.82. The van der Waals surface area contributed by atoms with Crippen molar-refractivity contribution in [2.75, 3.05) is 10.6 Å². The molecule has 0 bridgehead atoms. The molecule has 0 saturated carbocycles. The summed E-state index contributed by atoms with van der Waals surface area (Å²) in [5.74, 6) is -0.493. The highest BCUT2D eigenvalue weighted by Gasteiger charge is 2.08. The first-order valence-electron chi connectivity index (χ1n) is 6.03. The van der Waals surface area contributed by atoms with Crippen LogP contribution in [0.15, 0.2) is 48.5 Å². The van der Waals surface area contributed by atoms with Crippen molar-refractivity contribution in [3.8, 4) is 5.75 Å². The molecule has 0 heterocycles. The van der Waals surface area contributed by atoms with Gasteiger partial charge in [0, 0.05) is 18.2 Å². The van der Waals surface area contributed by atoms with E-state index in [0.29, 0.717) is 16.9 Å². The lowest BCUT2D eigenvalue weighted by atomic mass is 10.2. The van der Waals surface area contributed by atoms with Crippen molar-refractivity contribution in [2.45, 2.75) is 6.92 Å². The molecule has 2 aromatic rings. The highest BCUT2D eigenvalue weighted by molar-refractivity contribution is 6.05. The first-order chi connectivity index (χ1) is 9.56. The van der Waals surface area contributed by atoms with Crippen molar-refractivity contribution in [1.29, 1.82) is 0 Å². The van der Waals surface area contributed by atoms with E-state index in [1.165, 1.54) is 13.0 Å². The fourth-order valence-electron chi connectivity index (χ4n) is 1.68. The third-order valence-corrected chi connectivity index (χ3v) is 2.62. The van der Waals surface area contributed by atoms with Gasteiger partial charge in [0.2, 0.25) is 5.91 Å². The van der Waals surface area contributed by atoms with Gasteiger partial charge in [-0.05, 0) is 36.4 Å². The Morgan fingerprint density at radius 2 is 1.60 bits per heavy atom. The zero-order chi connectivity index (χ0) is 14.5. The van der Waals surface area contributed by atoms with Crippen molar-refractivity contribution in [1.82, 2.24) is 0 Å². The third kappa shape index (κ3) is 3.35. The molecule has 2 amide bonds. The van der Waals surface area contributed by atoms with Crippen LogP contribution in [0.2, 0.25) is 0 Å². The molecule has 20 heavy (non-hydrogen) atoms. The van der Waals surface area contributed by atoms with Crippen LogP contribution in [0.25, 0.3) is 0 Å². The molecule has 3 N–H and O–H groups in total. The average molecular weight is 270 g/mol. The number of benzene rings is 2. The van der Waals surface area contributed by atoms with Crippen molar-refractivity contribution in [2.24, 2.45) is 0 Å². The van der Waals surface area contributed by atoms with E-state index in [9.17, 15) is 14.7 Å². The molecule has 0 aliphatic heterocycles. The summed E-state index contributed by atoms with van der Waals surface area (Å²) >= 11 is 0. The van der Waals surface area contributed by atoms with E-state index in [4.69, 9.17) is 0 Å². The van der Waals surface area contributed by atoms with Crippen molar-refractivity contribution >= 4 is 23.2 Å². The topological polar surface area (TPSA) is 78.4 Å². The molecule has 102 valence electrons. The van der Waals surface area contributed by atoms with Crippen LogP contribution >= 0.6 is 0 Å². The SMILES string of the molecule is CC(=O)Nc1ccc(C(=O)Nc2ccccc2O)cc1. The first kappa shape index (κ1) is 13.6. The molecule has 0 aliphatic rings. The van der Waals surface area contributed by atoms with E-state index in [2.05, 4.69) is 10.6 Å². The lowest BCUT2D eigenvalue weighted by molar-refractivity contribution is -0.114. The largest absolute Gasteiger partial charge is 0.506 e. The second kappa shape index (κ2) is 5.88. The number of phenolic OH excluding ortho intramolecular Hbond substituents is 1. The number of phenols is 1. The Kier molecular flexibility index (Phi) is 4.00. The number of para-hydroxylation sites is 2. The highest BCUT2D eigenvalue weighted by Crippen LogP contribution is 2.22. The van der Waals surface area contributed by atoms with Gasteiger partial charge >= 0.3 is 0 Å². The molecular weight excluding hydrogens is 256 g/mol. The summed E-state index contributed by atoms with van der Waals surface area (Å²) < 4.78 is 0. The lowest BCUT2D eigenvalue weighted by Gasteiger charge is -2.08. The maximum atomic E-state index is 12.0. The number of aromatic hydroxyl groups is 1. The van der Waals surface area contributed by atoms with Gasteiger partial charge in [0.05, 0.1) is 5.69 Å². The molecule has 2 rings (SSSR count). The van der Waals surface area contributed by atoms with E-state index < -0.39 is 0 Å². The molecule has 0 saturated heterocycles. The summed E-state index contributed by atoms with van der Waals surface area (Å²) in [6, 6.07) is 13.0. The predicted molar refractivity (Wildman–Crippen MR) is 76.8 cm³/mol. The molecule has 5 nitrogen and oxygen atoms in total. The molecule has 0 spiro atoms. The van der Waals surface area contributed by atoms with Gasteiger partial charge < -0.3 is 15.7 Å². The summed E-state index contributed by atoms with van der Waals surface area (Å²) in [4.78, 5) is 22.9. The number of hydrogen-bond acceptors (Lipinski definition) is 3. The molecule has 0 aromatic heterocycles. The third-order valence-electron chi connectivity index (χ3n) is 2.62. The predicted octanol–water partition coefficient (Wildman–Crippen LogP) is 2.60. The molecule has 0 aliphatic carbocycles. The summed E-state index contributed by atoms with van der Waals surface area (Å²) in [5, 5.41) is 14.8. The maximum Gasteiger partial charge on any atom is 0.255 e. The Bertz CT molecular complexity index is 636. The van der Waals surface area contributed by atoms with Crippen molar-refractivity contribution in [3.05, 3.63) is 54.1 Å². The smallest absolute Gasteiger partial charge is 0.255 e. The number of amides is 2. The summed E-state index contributed by atoms with van der Waals surface area (Å²) in [6.45, 7) is 1.42. The van der Waals surface area contributed by atoms with Crippen LogP contribution in [0.4, 0.5) is 11.4 Å². The minimum atomic E-state index is -0.333. The zero-order valence-corrected chi connectivity index (χ0v) is 10.9. The normalized spacial score (nSPS) is 9.85. The molecule has 0 radical (unpaired) electrons. The molecular formula is C15H14N2O3. The number of hydrogen-bond donors (Lipinski definition) is 3. The monoisotopic (exact) mass is 270 g/mol. The average Bonchev–Trinajstić information content (AvgIpc) is 2.41. The first-order valence-corrected chi connectivity index (χ1v) is 6.03. The van der Waals surface area contributed by atoms with E-state index in [-0.39, 0.29) is 17.6 Å². The van der Waals surface area contributed by atoms with Gasteiger partial charge in [-0.1, -0.05) is 12.1 Å². The van der Waals surface area contributed by atoms with Gasteiger partial charge in [0.1, 0.15) is 5.75 Å². The summed E-state index contributed by atoms with van der Waals surface area (Å²) in [5.41, 5.74) is 1.41. The Morgan fingerprint density at radius 1 is 0.950 bits per heavy atom. The summed E-state index contributed by atoms with van der Waals surface area (Å²) in [6.07, 6.45) is 0. The number of carbonyl (C=O) groups is 2. The van der Waals surface area contributed by atoms with E-state index in [1.807, 2.05) is 0 Å². The van der Waals surface area contributed by atoms with Crippen molar-refractivity contribution < 1.29 is 14.7 Å². The van der Waals surface area contributed by atoms with Crippen LogP contribution in [0.1, 0.15) is 17.3 Å². The Balaban J connectivity index is 2.10. The van der Waals surface area contributed by atoms with Gasteiger partial charge in [-0.3, -0.25) is 9.59 Å². The highest BCUT2D eigenvalue weighted by atomic mass is 16.3. The second-order valence-corrected chi connectivity index (χ2v) is 4.23.